The van der Waals surface area contributed by atoms with Crippen molar-refractivity contribution in [1.82, 2.24) is 19.9 Å². The van der Waals surface area contributed by atoms with Crippen molar-refractivity contribution in [1.29, 1.82) is 0 Å². The van der Waals surface area contributed by atoms with Crippen LogP contribution in [-0.4, -0.2) is 27.0 Å². The monoisotopic (exact) mass is 299 g/mol. The highest BCUT2D eigenvalue weighted by Gasteiger charge is 2.16. The molecule has 0 fully saturated rings. The maximum absolute atomic E-state index is 14.0. The number of nitrogens with zero attached hydrogens (tertiary/aromatic N) is 3. The first kappa shape index (κ1) is 14.0. The minimum absolute atomic E-state index is 0.0521. The van der Waals surface area contributed by atoms with E-state index in [9.17, 15) is 9.18 Å². The number of nitrogens with one attached hydrogen (secondary N) is 1. The summed E-state index contributed by atoms with van der Waals surface area (Å²) in [5.74, 6) is -0.645. The lowest BCUT2D eigenvalue weighted by atomic mass is 10.1. The van der Waals surface area contributed by atoms with Crippen LogP contribution in [0.3, 0.4) is 0 Å². The van der Waals surface area contributed by atoms with E-state index < -0.39 is 0 Å². The third-order valence-corrected chi connectivity index (χ3v) is 3.21. The van der Waals surface area contributed by atoms with Crippen molar-refractivity contribution < 1.29 is 9.18 Å². The molecule has 0 aliphatic rings. The number of benzene rings is 1. The lowest BCUT2D eigenvalue weighted by molar-refractivity contribution is 0.0948. The minimum atomic E-state index is -0.374. The van der Waals surface area contributed by atoms with Crippen LogP contribution < -0.4 is 11.1 Å². The quantitative estimate of drug-likeness (QED) is 0.773. The predicted octanol–water partition coefficient (Wildman–Crippen LogP) is 1.87. The number of carbonyl (C=O) groups is 1. The summed E-state index contributed by atoms with van der Waals surface area (Å²) >= 11 is 0. The van der Waals surface area contributed by atoms with E-state index in [-0.39, 0.29) is 23.4 Å². The Hall–Kier alpha value is -2.96. The summed E-state index contributed by atoms with van der Waals surface area (Å²) in [4.78, 5) is 16.3. The predicted molar refractivity (Wildman–Crippen MR) is 80.8 cm³/mol. The van der Waals surface area contributed by atoms with Gasteiger partial charge in [0.05, 0.1) is 0 Å². The number of amides is 1. The average molecular weight is 299 g/mol. The smallest absolute Gasteiger partial charge is 0.270 e. The van der Waals surface area contributed by atoms with E-state index in [0.717, 1.165) is 0 Å². The second kappa shape index (κ2) is 5.44. The van der Waals surface area contributed by atoms with Gasteiger partial charge in [0.1, 0.15) is 11.5 Å². The summed E-state index contributed by atoms with van der Waals surface area (Å²) in [7, 11) is 0. The standard InChI is InChI=1S/C15H14FN5O/c1-2-18-14(22)12-7-9(10-5-3-4-6-11(10)16)8-13-19-15(17)20-21(12)13/h3-8H,2H2,1H3,(H2,17,20)(H,18,22). The summed E-state index contributed by atoms with van der Waals surface area (Å²) in [6.45, 7) is 2.28. The zero-order chi connectivity index (χ0) is 15.7. The summed E-state index contributed by atoms with van der Waals surface area (Å²) < 4.78 is 15.3. The van der Waals surface area contributed by atoms with Gasteiger partial charge >= 0.3 is 0 Å². The van der Waals surface area contributed by atoms with E-state index in [1.807, 2.05) is 6.92 Å². The molecule has 1 amide bonds. The molecule has 3 rings (SSSR count). The molecule has 112 valence electrons. The Morgan fingerprint density at radius 3 is 2.86 bits per heavy atom. The zero-order valence-corrected chi connectivity index (χ0v) is 11.9. The molecule has 6 nitrogen and oxygen atoms in total. The number of carbonyl (C=O) groups excluding carboxylic acids is 1. The summed E-state index contributed by atoms with van der Waals surface area (Å²) in [5, 5.41) is 6.70. The Morgan fingerprint density at radius 2 is 2.14 bits per heavy atom. The number of nitrogen functional groups attached to an aromatic ring is 1. The molecule has 2 heterocycles. The second-order valence-corrected chi connectivity index (χ2v) is 4.71. The van der Waals surface area contributed by atoms with Crippen molar-refractivity contribution in [2.75, 3.05) is 12.3 Å². The van der Waals surface area contributed by atoms with E-state index in [2.05, 4.69) is 15.4 Å². The van der Waals surface area contributed by atoms with Crippen LogP contribution in [-0.2, 0) is 0 Å². The van der Waals surface area contributed by atoms with Crippen LogP contribution in [0.5, 0.6) is 0 Å². The Bertz CT molecular complexity index is 858. The lowest BCUT2D eigenvalue weighted by Crippen LogP contribution is -2.25. The van der Waals surface area contributed by atoms with Crippen LogP contribution >= 0.6 is 0 Å². The zero-order valence-electron chi connectivity index (χ0n) is 11.9. The highest BCUT2D eigenvalue weighted by atomic mass is 19.1. The molecular weight excluding hydrogens is 285 g/mol. The Kier molecular flexibility index (Phi) is 3.46. The molecule has 0 unspecified atom stereocenters. The first-order valence-electron chi connectivity index (χ1n) is 6.79. The van der Waals surface area contributed by atoms with Gasteiger partial charge in [0.2, 0.25) is 5.95 Å². The van der Waals surface area contributed by atoms with Crippen LogP contribution in [0, 0.1) is 5.82 Å². The largest absolute Gasteiger partial charge is 0.366 e. The summed E-state index contributed by atoms with van der Waals surface area (Å²) in [6.07, 6.45) is 0. The van der Waals surface area contributed by atoms with E-state index >= 15 is 0 Å². The third-order valence-electron chi connectivity index (χ3n) is 3.21. The second-order valence-electron chi connectivity index (χ2n) is 4.71. The maximum Gasteiger partial charge on any atom is 0.270 e. The number of hydrogen-bond acceptors (Lipinski definition) is 4. The first-order chi connectivity index (χ1) is 10.6. The molecule has 22 heavy (non-hydrogen) atoms. The minimum Gasteiger partial charge on any atom is -0.366 e. The fourth-order valence-corrected chi connectivity index (χ4v) is 2.26. The van der Waals surface area contributed by atoms with Crippen molar-refractivity contribution >= 4 is 17.5 Å². The van der Waals surface area contributed by atoms with Crippen molar-refractivity contribution in [2.45, 2.75) is 6.92 Å². The molecule has 0 bridgehead atoms. The molecular formula is C15H14FN5O. The number of halogens is 1. The van der Waals surface area contributed by atoms with Gasteiger partial charge in [-0.2, -0.15) is 4.98 Å². The van der Waals surface area contributed by atoms with Crippen LogP contribution in [0.1, 0.15) is 17.4 Å². The molecule has 0 aliphatic heterocycles. The number of pyridine rings is 1. The van der Waals surface area contributed by atoms with Gasteiger partial charge in [-0.3, -0.25) is 4.79 Å². The van der Waals surface area contributed by atoms with Crippen LogP contribution in [0.2, 0.25) is 0 Å². The van der Waals surface area contributed by atoms with Gasteiger partial charge in [0.25, 0.3) is 5.91 Å². The molecule has 0 atom stereocenters. The van der Waals surface area contributed by atoms with Gasteiger partial charge in [-0.25, -0.2) is 8.91 Å². The Balaban J connectivity index is 2.25. The van der Waals surface area contributed by atoms with Gasteiger partial charge in [-0.05, 0) is 30.7 Å². The molecule has 1 aromatic carbocycles. The molecule has 0 aliphatic carbocycles. The SMILES string of the molecule is CCNC(=O)c1cc(-c2ccccc2F)cc2nc(N)nn12. The number of nitrogens with two attached hydrogens (primary N) is 1. The fourth-order valence-electron chi connectivity index (χ4n) is 2.26. The molecule has 3 N–H and O–H groups in total. The molecule has 0 radical (unpaired) electrons. The number of anilines is 1. The number of fused-ring (bicyclic) bond motifs is 1. The van der Waals surface area contributed by atoms with Gasteiger partial charge in [0.15, 0.2) is 5.65 Å². The van der Waals surface area contributed by atoms with Gasteiger partial charge in [-0.1, -0.05) is 18.2 Å². The van der Waals surface area contributed by atoms with Crippen LogP contribution in [0.25, 0.3) is 16.8 Å². The van der Waals surface area contributed by atoms with Gasteiger partial charge in [0, 0.05) is 12.1 Å². The molecule has 3 aromatic rings. The number of aromatic nitrogens is 3. The average Bonchev–Trinajstić information content (AvgIpc) is 2.87. The highest BCUT2D eigenvalue weighted by Crippen LogP contribution is 2.25. The topological polar surface area (TPSA) is 85.3 Å². The van der Waals surface area contributed by atoms with Crippen LogP contribution in [0.15, 0.2) is 36.4 Å². The summed E-state index contributed by atoms with van der Waals surface area (Å²) in [6, 6.07) is 9.56. The maximum atomic E-state index is 14.0. The molecule has 0 spiro atoms. The van der Waals surface area contributed by atoms with Crippen molar-refractivity contribution in [3.63, 3.8) is 0 Å². The van der Waals surface area contributed by atoms with Crippen molar-refractivity contribution in [3.8, 4) is 11.1 Å². The number of rotatable bonds is 3. The normalized spacial score (nSPS) is 10.8. The Morgan fingerprint density at radius 1 is 1.36 bits per heavy atom. The van der Waals surface area contributed by atoms with E-state index in [1.165, 1.54) is 10.6 Å². The lowest BCUT2D eigenvalue weighted by Gasteiger charge is -2.08. The summed E-state index contributed by atoms with van der Waals surface area (Å²) in [5.41, 5.74) is 7.17. The van der Waals surface area contributed by atoms with Crippen molar-refractivity contribution in [3.05, 3.63) is 47.9 Å². The molecule has 7 heteroatoms. The van der Waals surface area contributed by atoms with E-state index in [1.54, 1.807) is 30.3 Å². The molecule has 0 saturated heterocycles. The van der Waals surface area contributed by atoms with Crippen LogP contribution in [0.4, 0.5) is 10.3 Å². The highest BCUT2D eigenvalue weighted by molar-refractivity contribution is 5.94. The molecule has 0 saturated carbocycles. The number of hydrogen-bond donors (Lipinski definition) is 2. The molecule has 2 aromatic heterocycles. The third kappa shape index (κ3) is 2.37. The fraction of sp³-hybridized carbons (Fsp3) is 0.133. The first-order valence-corrected chi connectivity index (χ1v) is 6.79. The van der Waals surface area contributed by atoms with E-state index in [0.29, 0.717) is 23.3 Å². The van der Waals surface area contributed by atoms with Crippen molar-refractivity contribution in [2.24, 2.45) is 0 Å². The van der Waals surface area contributed by atoms with Gasteiger partial charge < -0.3 is 11.1 Å². The van der Waals surface area contributed by atoms with Gasteiger partial charge in [-0.15, -0.1) is 5.10 Å². The Labute approximate surface area is 125 Å². The van der Waals surface area contributed by atoms with E-state index in [4.69, 9.17) is 5.73 Å².